The van der Waals surface area contributed by atoms with Crippen LogP contribution in [-0.4, -0.2) is 60.9 Å². The molecule has 1 saturated carbocycles. The molecule has 2 rings (SSSR count). The number of hydrogen-bond acceptors (Lipinski definition) is 4. The highest BCUT2D eigenvalue weighted by molar-refractivity contribution is 5.80. The van der Waals surface area contributed by atoms with Crippen molar-refractivity contribution in [2.24, 2.45) is 5.92 Å². The summed E-state index contributed by atoms with van der Waals surface area (Å²) in [6.45, 7) is 4.45. The monoisotopic (exact) mass is 270 g/mol. The highest BCUT2D eigenvalue weighted by Gasteiger charge is 2.51. The molecule has 0 radical (unpaired) electrons. The number of methoxy groups -OCH3 is 1. The molecule has 5 nitrogen and oxygen atoms in total. The fourth-order valence-electron chi connectivity index (χ4n) is 3.30. The molecule has 1 saturated heterocycles. The summed E-state index contributed by atoms with van der Waals surface area (Å²) in [5.74, 6) is -0.451. The Balaban J connectivity index is 2.07. The Kier molecular flexibility index (Phi) is 4.18. The maximum atomic E-state index is 11.7. The first-order valence-corrected chi connectivity index (χ1v) is 7.15. The van der Waals surface area contributed by atoms with Gasteiger partial charge in [-0.05, 0) is 52.1 Å². The van der Waals surface area contributed by atoms with Gasteiger partial charge in [-0.15, -0.1) is 0 Å². The zero-order valence-corrected chi connectivity index (χ0v) is 12.2. The largest absolute Gasteiger partial charge is 0.480 e. The average molecular weight is 270 g/mol. The summed E-state index contributed by atoms with van der Waals surface area (Å²) in [6.07, 6.45) is 4.14. The summed E-state index contributed by atoms with van der Waals surface area (Å²) < 4.78 is 5.58. The van der Waals surface area contributed by atoms with Crippen molar-refractivity contribution in [1.29, 1.82) is 0 Å². The van der Waals surface area contributed by atoms with Gasteiger partial charge < -0.3 is 15.2 Å². The van der Waals surface area contributed by atoms with Crippen LogP contribution in [0.2, 0.25) is 0 Å². The lowest BCUT2D eigenvalue weighted by Crippen LogP contribution is -2.62. The van der Waals surface area contributed by atoms with Crippen LogP contribution in [0.25, 0.3) is 0 Å². The van der Waals surface area contributed by atoms with Gasteiger partial charge in [0, 0.05) is 20.2 Å². The first kappa shape index (κ1) is 14.8. The summed E-state index contributed by atoms with van der Waals surface area (Å²) in [6, 6.07) is 0. The second-order valence-electron chi connectivity index (χ2n) is 6.27. The van der Waals surface area contributed by atoms with Gasteiger partial charge in [0.1, 0.15) is 5.54 Å². The molecule has 0 bridgehead atoms. The first-order chi connectivity index (χ1) is 8.96. The number of nitrogens with one attached hydrogen (secondary N) is 1. The van der Waals surface area contributed by atoms with Crippen LogP contribution >= 0.6 is 0 Å². The fraction of sp³-hybridized carbons (Fsp3) is 0.929. The van der Waals surface area contributed by atoms with Crippen molar-refractivity contribution < 1.29 is 14.6 Å². The number of likely N-dealkylation sites (N-methyl/N-ethyl adjacent to an activating group) is 1. The van der Waals surface area contributed by atoms with Crippen LogP contribution in [0.3, 0.4) is 0 Å². The molecule has 0 aromatic carbocycles. The summed E-state index contributed by atoms with van der Waals surface area (Å²) in [7, 11) is 3.51. The number of aliphatic carboxylic acids is 1. The van der Waals surface area contributed by atoms with Gasteiger partial charge in [-0.2, -0.15) is 0 Å². The number of nitrogens with zero attached hydrogens (tertiary/aromatic N) is 1. The summed E-state index contributed by atoms with van der Waals surface area (Å²) in [5, 5.41) is 12.7. The SMILES string of the molecule is CNC(CN1CCCC(C)(OC)C1)(C(=O)O)C1CC1. The molecule has 0 aromatic rings. The van der Waals surface area contributed by atoms with Gasteiger partial charge >= 0.3 is 5.97 Å². The second kappa shape index (κ2) is 5.38. The number of carbonyl (C=O) groups is 1. The van der Waals surface area contributed by atoms with Crippen molar-refractivity contribution in [1.82, 2.24) is 10.2 Å². The van der Waals surface area contributed by atoms with Crippen LogP contribution in [0, 0.1) is 5.92 Å². The molecule has 2 aliphatic rings. The first-order valence-electron chi connectivity index (χ1n) is 7.15. The minimum atomic E-state index is -0.786. The van der Waals surface area contributed by atoms with Gasteiger partial charge in [0.15, 0.2) is 0 Å². The standard InChI is InChI=1S/C14H26N2O3/c1-13(19-3)7-4-8-16(9-13)10-14(15-2,12(17)18)11-5-6-11/h11,15H,4-10H2,1-3H3,(H,17,18). The van der Waals surface area contributed by atoms with E-state index in [4.69, 9.17) is 4.74 Å². The smallest absolute Gasteiger partial charge is 0.325 e. The van der Waals surface area contributed by atoms with Gasteiger partial charge in [0.2, 0.25) is 0 Å². The maximum Gasteiger partial charge on any atom is 0.325 e. The Morgan fingerprint density at radius 1 is 1.58 bits per heavy atom. The summed E-state index contributed by atoms with van der Waals surface area (Å²) in [5.41, 5.74) is -0.925. The van der Waals surface area contributed by atoms with E-state index in [1.165, 1.54) is 0 Å². The van der Waals surface area contributed by atoms with Gasteiger partial charge in [-0.3, -0.25) is 9.69 Å². The molecule has 0 aromatic heterocycles. The van der Waals surface area contributed by atoms with Crippen molar-refractivity contribution in [3.05, 3.63) is 0 Å². The normalized spacial score (nSPS) is 31.9. The lowest BCUT2D eigenvalue weighted by atomic mass is 9.89. The van der Waals surface area contributed by atoms with E-state index >= 15 is 0 Å². The van der Waals surface area contributed by atoms with Crippen molar-refractivity contribution in [3.63, 3.8) is 0 Å². The molecule has 1 aliphatic heterocycles. The predicted molar refractivity (Wildman–Crippen MR) is 73.2 cm³/mol. The molecule has 2 N–H and O–H groups in total. The van der Waals surface area contributed by atoms with E-state index < -0.39 is 11.5 Å². The zero-order valence-electron chi connectivity index (χ0n) is 12.2. The van der Waals surface area contributed by atoms with E-state index in [9.17, 15) is 9.90 Å². The topological polar surface area (TPSA) is 61.8 Å². The van der Waals surface area contributed by atoms with Crippen LogP contribution < -0.4 is 5.32 Å². The fourth-order valence-corrected chi connectivity index (χ4v) is 3.30. The molecular formula is C14H26N2O3. The molecular weight excluding hydrogens is 244 g/mol. The van der Waals surface area contributed by atoms with Crippen LogP contribution in [0.1, 0.15) is 32.6 Å². The van der Waals surface area contributed by atoms with Crippen molar-refractivity contribution >= 4 is 5.97 Å². The molecule has 5 heteroatoms. The van der Waals surface area contributed by atoms with Crippen LogP contribution in [0.5, 0.6) is 0 Å². The van der Waals surface area contributed by atoms with Gasteiger partial charge in [0.05, 0.1) is 5.60 Å². The second-order valence-corrected chi connectivity index (χ2v) is 6.27. The van der Waals surface area contributed by atoms with Crippen molar-refractivity contribution in [3.8, 4) is 0 Å². The minimum absolute atomic E-state index is 0.139. The Morgan fingerprint density at radius 2 is 2.26 bits per heavy atom. The quantitative estimate of drug-likeness (QED) is 0.752. The Hall–Kier alpha value is -0.650. The van der Waals surface area contributed by atoms with E-state index in [-0.39, 0.29) is 11.5 Å². The predicted octanol–water partition coefficient (Wildman–Crippen LogP) is 0.940. The van der Waals surface area contributed by atoms with E-state index in [0.717, 1.165) is 38.8 Å². The molecule has 2 atom stereocenters. The molecule has 110 valence electrons. The molecule has 0 amide bonds. The number of rotatable bonds is 6. The Morgan fingerprint density at radius 3 is 2.74 bits per heavy atom. The van der Waals surface area contributed by atoms with Gasteiger partial charge in [-0.1, -0.05) is 0 Å². The van der Waals surface area contributed by atoms with E-state index in [1.54, 1.807) is 14.2 Å². The van der Waals surface area contributed by atoms with E-state index in [2.05, 4.69) is 17.1 Å². The highest BCUT2D eigenvalue weighted by atomic mass is 16.5. The Labute approximate surface area is 115 Å². The number of hydrogen-bond donors (Lipinski definition) is 2. The van der Waals surface area contributed by atoms with E-state index in [0.29, 0.717) is 6.54 Å². The molecule has 1 heterocycles. The molecule has 19 heavy (non-hydrogen) atoms. The average Bonchev–Trinajstić information content (AvgIpc) is 3.20. The lowest BCUT2D eigenvalue weighted by molar-refractivity contribution is -0.148. The Bertz CT molecular complexity index is 346. The number of likely N-dealkylation sites (tertiary alicyclic amines) is 1. The molecule has 2 unspecified atom stereocenters. The maximum absolute atomic E-state index is 11.7. The van der Waals surface area contributed by atoms with E-state index in [1.807, 2.05) is 0 Å². The van der Waals surface area contributed by atoms with Gasteiger partial charge in [0.25, 0.3) is 0 Å². The highest BCUT2D eigenvalue weighted by Crippen LogP contribution is 2.41. The van der Waals surface area contributed by atoms with Crippen LogP contribution in [-0.2, 0) is 9.53 Å². The zero-order chi connectivity index (χ0) is 14.1. The summed E-state index contributed by atoms with van der Waals surface area (Å²) >= 11 is 0. The van der Waals surface area contributed by atoms with Crippen molar-refractivity contribution in [2.45, 2.75) is 43.7 Å². The minimum Gasteiger partial charge on any atom is -0.480 e. The summed E-state index contributed by atoms with van der Waals surface area (Å²) in [4.78, 5) is 14.0. The third-order valence-corrected chi connectivity index (χ3v) is 4.81. The van der Waals surface area contributed by atoms with Crippen molar-refractivity contribution in [2.75, 3.05) is 33.8 Å². The number of carboxylic acid groups (broad SMARTS) is 1. The lowest BCUT2D eigenvalue weighted by Gasteiger charge is -2.43. The number of ether oxygens (including phenoxy) is 1. The third-order valence-electron chi connectivity index (χ3n) is 4.81. The molecule has 1 aliphatic carbocycles. The van der Waals surface area contributed by atoms with Crippen LogP contribution in [0.4, 0.5) is 0 Å². The van der Waals surface area contributed by atoms with Gasteiger partial charge in [-0.25, -0.2) is 0 Å². The number of piperidine rings is 1. The molecule has 2 fully saturated rings. The van der Waals surface area contributed by atoms with Crippen LogP contribution in [0.15, 0.2) is 0 Å². The molecule has 0 spiro atoms. The third kappa shape index (κ3) is 2.93. The number of carboxylic acids is 1.